The van der Waals surface area contributed by atoms with Gasteiger partial charge in [0.15, 0.2) is 0 Å². The van der Waals surface area contributed by atoms with Crippen molar-refractivity contribution < 1.29 is 9.53 Å². The highest BCUT2D eigenvalue weighted by Gasteiger charge is 2.09. The van der Waals surface area contributed by atoms with E-state index >= 15 is 0 Å². The average molecular weight is 244 g/mol. The molecule has 0 fully saturated rings. The van der Waals surface area contributed by atoms with Gasteiger partial charge in [0.25, 0.3) is 0 Å². The van der Waals surface area contributed by atoms with Gasteiger partial charge in [-0.3, -0.25) is 4.98 Å². The number of nitrogens with one attached hydrogen (secondary N) is 1. The Morgan fingerprint density at radius 1 is 1.39 bits per heavy atom. The quantitative estimate of drug-likeness (QED) is 0.816. The molecule has 0 spiro atoms. The summed E-state index contributed by atoms with van der Waals surface area (Å²) in [5.74, 6) is 0.0444. The van der Waals surface area contributed by atoms with Gasteiger partial charge in [0.05, 0.1) is 7.11 Å². The zero-order valence-electron chi connectivity index (χ0n) is 9.83. The monoisotopic (exact) mass is 244 g/mol. The molecule has 0 unspecified atom stereocenters. The van der Waals surface area contributed by atoms with E-state index in [9.17, 15) is 4.79 Å². The summed E-state index contributed by atoms with van der Waals surface area (Å²) in [4.78, 5) is 23.1. The van der Waals surface area contributed by atoms with Crippen molar-refractivity contribution in [3.63, 3.8) is 0 Å². The number of rotatable bonds is 4. The van der Waals surface area contributed by atoms with E-state index < -0.39 is 5.97 Å². The lowest BCUT2D eigenvalue weighted by Gasteiger charge is -2.05. The number of pyridine rings is 1. The van der Waals surface area contributed by atoms with Crippen molar-refractivity contribution in [2.24, 2.45) is 0 Å². The lowest BCUT2D eigenvalue weighted by molar-refractivity contribution is 0.0587. The maximum absolute atomic E-state index is 11.3. The topological polar surface area (TPSA) is 77.0 Å². The minimum absolute atomic E-state index is 0.0358. The molecule has 0 aromatic carbocycles. The number of hydrogen-bond donors (Lipinski definition) is 1. The highest BCUT2D eigenvalue weighted by molar-refractivity contribution is 5.85. The lowest BCUT2D eigenvalue weighted by Crippen LogP contribution is -2.09. The van der Waals surface area contributed by atoms with Gasteiger partial charge in [0, 0.05) is 25.1 Å². The number of anilines is 1. The average Bonchev–Trinajstić information content (AvgIpc) is 2.45. The van der Waals surface area contributed by atoms with Crippen molar-refractivity contribution in [1.29, 1.82) is 0 Å². The third-order valence-corrected chi connectivity index (χ3v) is 2.22. The van der Waals surface area contributed by atoms with Crippen LogP contribution in [0.1, 0.15) is 16.2 Å². The summed E-state index contributed by atoms with van der Waals surface area (Å²) in [6.45, 7) is 0.575. The third kappa shape index (κ3) is 3.00. The van der Waals surface area contributed by atoms with Crippen molar-refractivity contribution in [3.05, 3.63) is 48.2 Å². The van der Waals surface area contributed by atoms with E-state index in [0.717, 1.165) is 5.56 Å². The van der Waals surface area contributed by atoms with E-state index in [4.69, 9.17) is 0 Å². The number of aromatic nitrogens is 3. The minimum Gasteiger partial charge on any atom is -0.463 e. The molecule has 92 valence electrons. The summed E-state index contributed by atoms with van der Waals surface area (Å²) >= 11 is 0. The van der Waals surface area contributed by atoms with Crippen molar-refractivity contribution in [2.45, 2.75) is 6.54 Å². The van der Waals surface area contributed by atoms with Gasteiger partial charge in [-0.1, -0.05) is 6.07 Å². The number of nitrogens with zero attached hydrogens (tertiary/aromatic N) is 3. The molecule has 0 radical (unpaired) electrons. The largest absolute Gasteiger partial charge is 0.463 e. The van der Waals surface area contributed by atoms with Gasteiger partial charge < -0.3 is 10.1 Å². The number of carbonyl (C=O) groups excluding carboxylic acids is 1. The van der Waals surface area contributed by atoms with Crippen LogP contribution in [0, 0.1) is 0 Å². The summed E-state index contributed by atoms with van der Waals surface area (Å²) in [6.07, 6.45) is 4.98. The fourth-order valence-electron chi connectivity index (χ4n) is 1.34. The van der Waals surface area contributed by atoms with Gasteiger partial charge in [-0.05, 0) is 17.7 Å². The Morgan fingerprint density at radius 3 is 3.00 bits per heavy atom. The molecule has 0 saturated heterocycles. The fraction of sp³-hybridized carbons (Fsp3) is 0.167. The highest BCUT2D eigenvalue weighted by Crippen LogP contribution is 2.05. The van der Waals surface area contributed by atoms with E-state index in [1.807, 2.05) is 12.1 Å². The smallest absolute Gasteiger partial charge is 0.376 e. The van der Waals surface area contributed by atoms with Crippen LogP contribution >= 0.6 is 0 Å². The number of esters is 1. The molecule has 0 amide bonds. The van der Waals surface area contributed by atoms with Gasteiger partial charge in [-0.15, -0.1) is 0 Å². The molecule has 0 aliphatic rings. The molecule has 0 bridgehead atoms. The van der Waals surface area contributed by atoms with Crippen LogP contribution in [0.2, 0.25) is 0 Å². The van der Waals surface area contributed by atoms with Crippen LogP contribution in [0.15, 0.2) is 36.8 Å². The van der Waals surface area contributed by atoms with Crippen LogP contribution in [0.3, 0.4) is 0 Å². The van der Waals surface area contributed by atoms with E-state index in [-0.39, 0.29) is 5.82 Å². The van der Waals surface area contributed by atoms with Gasteiger partial charge in [-0.25, -0.2) is 14.8 Å². The maximum atomic E-state index is 11.3. The summed E-state index contributed by atoms with van der Waals surface area (Å²) in [5.41, 5.74) is 1.02. The zero-order valence-corrected chi connectivity index (χ0v) is 9.83. The van der Waals surface area contributed by atoms with Gasteiger partial charge in [-0.2, -0.15) is 0 Å². The molecule has 2 aromatic heterocycles. The van der Waals surface area contributed by atoms with Crippen LogP contribution < -0.4 is 5.32 Å². The summed E-state index contributed by atoms with van der Waals surface area (Å²) < 4.78 is 4.55. The molecule has 2 heterocycles. The molecule has 0 atom stereocenters. The zero-order chi connectivity index (χ0) is 12.8. The SMILES string of the molecule is COC(=O)c1nccc(NCc2cccnc2)n1. The molecule has 1 N–H and O–H groups in total. The molecule has 0 saturated carbocycles. The van der Waals surface area contributed by atoms with Gasteiger partial charge in [0.2, 0.25) is 5.82 Å². The van der Waals surface area contributed by atoms with Crippen LogP contribution in [0.5, 0.6) is 0 Å². The maximum Gasteiger partial charge on any atom is 0.376 e. The second-order valence-corrected chi connectivity index (χ2v) is 3.47. The van der Waals surface area contributed by atoms with Crippen molar-refractivity contribution in [1.82, 2.24) is 15.0 Å². The van der Waals surface area contributed by atoms with Gasteiger partial charge in [0.1, 0.15) is 5.82 Å². The number of carbonyl (C=O) groups is 1. The van der Waals surface area contributed by atoms with Crippen LogP contribution in [0.25, 0.3) is 0 Å². The first kappa shape index (κ1) is 12.0. The molecule has 6 heteroatoms. The Kier molecular flexibility index (Phi) is 3.80. The van der Waals surface area contributed by atoms with Crippen molar-refractivity contribution in [2.75, 3.05) is 12.4 Å². The number of ether oxygens (including phenoxy) is 1. The van der Waals surface area contributed by atoms with Crippen LogP contribution in [-0.4, -0.2) is 28.0 Å². The van der Waals surface area contributed by atoms with E-state index in [0.29, 0.717) is 12.4 Å². The van der Waals surface area contributed by atoms with Crippen molar-refractivity contribution in [3.8, 4) is 0 Å². The molecule has 18 heavy (non-hydrogen) atoms. The predicted molar refractivity (Wildman–Crippen MR) is 64.9 cm³/mol. The molecule has 6 nitrogen and oxygen atoms in total. The molecular weight excluding hydrogens is 232 g/mol. The first-order valence-corrected chi connectivity index (χ1v) is 5.34. The van der Waals surface area contributed by atoms with Crippen molar-refractivity contribution >= 4 is 11.8 Å². The fourth-order valence-corrected chi connectivity index (χ4v) is 1.34. The Balaban J connectivity index is 2.04. The summed E-state index contributed by atoms with van der Waals surface area (Å²) in [6, 6.07) is 5.49. The first-order valence-electron chi connectivity index (χ1n) is 5.34. The summed E-state index contributed by atoms with van der Waals surface area (Å²) in [5, 5.41) is 3.08. The minimum atomic E-state index is -0.556. The molecule has 2 rings (SSSR count). The van der Waals surface area contributed by atoms with Crippen LogP contribution in [-0.2, 0) is 11.3 Å². The molecule has 0 aliphatic carbocycles. The number of methoxy groups -OCH3 is 1. The lowest BCUT2D eigenvalue weighted by atomic mass is 10.3. The second-order valence-electron chi connectivity index (χ2n) is 3.47. The molecule has 0 aliphatic heterocycles. The third-order valence-electron chi connectivity index (χ3n) is 2.22. The van der Waals surface area contributed by atoms with Gasteiger partial charge >= 0.3 is 5.97 Å². The van der Waals surface area contributed by atoms with E-state index in [2.05, 4.69) is 25.0 Å². The Hall–Kier alpha value is -2.50. The normalized spacial score (nSPS) is 9.83. The second kappa shape index (κ2) is 5.72. The standard InChI is InChI=1S/C12H12N4O2/c1-18-12(17)11-14-6-4-10(16-11)15-8-9-3-2-5-13-7-9/h2-7H,8H2,1H3,(H,14,15,16). The Morgan fingerprint density at radius 2 is 2.28 bits per heavy atom. The number of hydrogen-bond acceptors (Lipinski definition) is 6. The summed E-state index contributed by atoms with van der Waals surface area (Å²) in [7, 11) is 1.29. The van der Waals surface area contributed by atoms with Crippen LogP contribution in [0.4, 0.5) is 5.82 Å². The van der Waals surface area contributed by atoms with E-state index in [1.165, 1.54) is 13.3 Å². The molecular formula is C12H12N4O2. The Labute approximate surface area is 104 Å². The Bertz CT molecular complexity index is 531. The first-order chi connectivity index (χ1) is 8.79. The predicted octanol–water partition coefficient (Wildman–Crippen LogP) is 1.27. The van der Waals surface area contributed by atoms with E-state index in [1.54, 1.807) is 18.5 Å². The molecule has 2 aromatic rings. The highest BCUT2D eigenvalue weighted by atomic mass is 16.5.